The van der Waals surface area contributed by atoms with Crippen LogP contribution in [-0.2, 0) is 44.8 Å². The topological polar surface area (TPSA) is 157 Å². The molecular formula is C37H55N3O9. The number of nitrogens with one attached hydrogen (secondary N) is 2. The molecule has 0 spiro atoms. The number of nitrogens with zero attached hydrogens (tertiary/aromatic N) is 1. The van der Waals surface area contributed by atoms with E-state index in [2.05, 4.69) is 17.2 Å². The summed E-state index contributed by atoms with van der Waals surface area (Å²) in [6.45, 7) is 16.4. The van der Waals surface area contributed by atoms with Gasteiger partial charge < -0.3 is 24.8 Å². The number of ether oxygens (including phenoxy) is 3. The molecule has 3 amide bonds. The minimum Gasteiger partial charge on any atom is -0.460 e. The molecule has 2 N–H and O–H groups in total. The number of esters is 2. The van der Waals surface area contributed by atoms with Crippen molar-refractivity contribution < 1.29 is 43.0 Å². The van der Waals surface area contributed by atoms with E-state index in [0.29, 0.717) is 25.8 Å². The van der Waals surface area contributed by atoms with E-state index in [-0.39, 0.29) is 44.3 Å². The minimum absolute atomic E-state index is 0.00348. The predicted molar refractivity (Wildman–Crippen MR) is 184 cm³/mol. The number of carbonyl (C=O) groups is 6. The molecule has 1 fully saturated rings. The maximum Gasteiger partial charge on any atom is 0.410 e. The Morgan fingerprint density at radius 1 is 1.00 bits per heavy atom. The van der Waals surface area contributed by atoms with Gasteiger partial charge in [0.15, 0.2) is 5.78 Å². The van der Waals surface area contributed by atoms with Gasteiger partial charge >= 0.3 is 18.0 Å². The highest BCUT2D eigenvalue weighted by atomic mass is 16.6. The van der Waals surface area contributed by atoms with Crippen LogP contribution in [0.2, 0.25) is 0 Å². The molecule has 0 saturated carbocycles. The van der Waals surface area contributed by atoms with Crippen molar-refractivity contribution >= 4 is 35.6 Å². The SMILES string of the molecule is C=CCOC(=O)[C@@H](NC(=O)[C@H](CCC(=O)OC(C)(C)C)CC(=O)[C@H](CC(C)C)NC(=O)[C@@H]1CCCN1C(=O)OCc1ccccc1)C(C)C. The standard InChI is InChI=1S/C37H55N3O9/c1-9-20-47-35(45)32(25(4)5)39-33(43)27(17-18-31(42)49-37(6,7)8)22-30(41)28(21-24(2)3)38-34(44)29-16-13-19-40(29)36(46)48-23-26-14-11-10-12-15-26/h9-12,14-15,24-25,27-29,32H,1,13,16-23H2,2-8H3,(H,38,44)(H,39,43)/t27-,28+,29+,32+/m1/s1. The second-order valence-corrected chi connectivity index (χ2v) is 14.2. The van der Waals surface area contributed by atoms with Crippen LogP contribution in [0.5, 0.6) is 0 Å². The summed E-state index contributed by atoms with van der Waals surface area (Å²) in [6, 6.07) is 6.45. The van der Waals surface area contributed by atoms with Crippen LogP contribution in [0.1, 0.15) is 92.6 Å². The lowest BCUT2D eigenvalue weighted by molar-refractivity contribution is -0.155. The zero-order valence-electron chi connectivity index (χ0n) is 30.1. The van der Waals surface area contributed by atoms with Gasteiger partial charge in [0.05, 0.1) is 6.04 Å². The number of carbonyl (C=O) groups excluding carboxylic acids is 6. The zero-order valence-corrected chi connectivity index (χ0v) is 30.1. The number of amides is 3. The molecule has 0 aromatic heterocycles. The molecule has 0 radical (unpaired) electrons. The lowest BCUT2D eigenvalue weighted by Gasteiger charge is -2.28. The molecule has 49 heavy (non-hydrogen) atoms. The van der Waals surface area contributed by atoms with Crippen molar-refractivity contribution in [1.29, 1.82) is 0 Å². The van der Waals surface area contributed by atoms with E-state index >= 15 is 0 Å². The molecule has 0 aliphatic carbocycles. The van der Waals surface area contributed by atoms with Crippen LogP contribution in [0.25, 0.3) is 0 Å². The first-order valence-electron chi connectivity index (χ1n) is 17.1. The molecule has 1 aliphatic rings. The van der Waals surface area contributed by atoms with Crippen LogP contribution in [0.4, 0.5) is 4.79 Å². The van der Waals surface area contributed by atoms with Crippen LogP contribution < -0.4 is 10.6 Å². The summed E-state index contributed by atoms with van der Waals surface area (Å²) in [5, 5.41) is 5.56. The number of rotatable bonds is 18. The van der Waals surface area contributed by atoms with Gasteiger partial charge in [-0.2, -0.15) is 0 Å². The van der Waals surface area contributed by atoms with Crippen LogP contribution in [0.15, 0.2) is 43.0 Å². The molecule has 1 aromatic rings. The summed E-state index contributed by atoms with van der Waals surface area (Å²) in [7, 11) is 0. The van der Waals surface area contributed by atoms with Gasteiger partial charge in [0, 0.05) is 25.3 Å². The summed E-state index contributed by atoms with van der Waals surface area (Å²) < 4.78 is 16.1. The molecule has 0 unspecified atom stereocenters. The van der Waals surface area contributed by atoms with E-state index in [4.69, 9.17) is 14.2 Å². The molecule has 2 rings (SSSR count). The Balaban J connectivity index is 2.21. The summed E-state index contributed by atoms with van der Waals surface area (Å²) in [4.78, 5) is 80.7. The van der Waals surface area contributed by atoms with Gasteiger partial charge in [0.25, 0.3) is 0 Å². The Morgan fingerprint density at radius 2 is 1.67 bits per heavy atom. The van der Waals surface area contributed by atoms with Crippen molar-refractivity contribution in [3.8, 4) is 0 Å². The van der Waals surface area contributed by atoms with Gasteiger partial charge in [0.1, 0.15) is 30.9 Å². The van der Waals surface area contributed by atoms with Gasteiger partial charge in [-0.05, 0) is 63.9 Å². The molecule has 1 saturated heterocycles. The van der Waals surface area contributed by atoms with Crippen molar-refractivity contribution in [3.63, 3.8) is 0 Å². The molecule has 272 valence electrons. The van der Waals surface area contributed by atoms with Crippen molar-refractivity contribution in [1.82, 2.24) is 15.5 Å². The summed E-state index contributed by atoms with van der Waals surface area (Å²) in [5.74, 6) is -3.98. The third kappa shape index (κ3) is 14.4. The van der Waals surface area contributed by atoms with Crippen LogP contribution in [-0.4, -0.2) is 77.4 Å². The highest BCUT2D eigenvalue weighted by Gasteiger charge is 2.38. The first kappa shape index (κ1) is 41.0. The van der Waals surface area contributed by atoms with Gasteiger partial charge in [0.2, 0.25) is 11.8 Å². The second kappa shape index (κ2) is 19.7. The average Bonchev–Trinajstić information content (AvgIpc) is 3.52. The fourth-order valence-electron chi connectivity index (χ4n) is 5.47. The van der Waals surface area contributed by atoms with E-state index in [1.165, 1.54) is 11.0 Å². The van der Waals surface area contributed by atoms with Crippen molar-refractivity contribution in [2.24, 2.45) is 17.8 Å². The van der Waals surface area contributed by atoms with Gasteiger partial charge in [-0.1, -0.05) is 70.7 Å². The first-order valence-corrected chi connectivity index (χ1v) is 17.1. The molecule has 0 bridgehead atoms. The Labute approximate surface area is 290 Å². The largest absolute Gasteiger partial charge is 0.460 e. The van der Waals surface area contributed by atoms with Crippen molar-refractivity contribution in [2.45, 2.75) is 117 Å². The molecule has 4 atom stereocenters. The monoisotopic (exact) mass is 685 g/mol. The fourth-order valence-corrected chi connectivity index (χ4v) is 5.47. The van der Waals surface area contributed by atoms with Gasteiger partial charge in [-0.25, -0.2) is 9.59 Å². The lowest BCUT2D eigenvalue weighted by atomic mass is 9.89. The maximum atomic E-state index is 13.9. The zero-order chi connectivity index (χ0) is 36.7. The predicted octanol–water partition coefficient (Wildman–Crippen LogP) is 4.89. The Bertz CT molecular complexity index is 1290. The summed E-state index contributed by atoms with van der Waals surface area (Å²) >= 11 is 0. The van der Waals surface area contributed by atoms with Crippen molar-refractivity contribution in [3.05, 3.63) is 48.6 Å². The molecular weight excluding hydrogens is 630 g/mol. The van der Waals surface area contributed by atoms with Crippen LogP contribution in [0, 0.1) is 17.8 Å². The molecule has 12 heteroatoms. The molecule has 1 aromatic carbocycles. The number of benzene rings is 1. The van der Waals surface area contributed by atoms with E-state index in [9.17, 15) is 28.8 Å². The van der Waals surface area contributed by atoms with Gasteiger partial charge in [-0.15, -0.1) is 0 Å². The number of likely N-dealkylation sites (tertiary alicyclic amines) is 1. The third-order valence-electron chi connectivity index (χ3n) is 7.90. The number of hydrogen-bond donors (Lipinski definition) is 2. The van der Waals surface area contributed by atoms with Crippen LogP contribution >= 0.6 is 0 Å². The Morgan fingerprint density at radius 3 is 2.27 bits per heavy atom. The number of Topliss-reactive ketones (excluding diaryl/α,β-unsaturated/α-hetero) is 1. The Hall–Kier alpha value is -4.22. The van der Waals surface area contributed by atoms with Crippen molar-refractivity contribution in [2.75, 3.05) is 13.2 Å². The molecule has 12 nitrogen and oxygen atoms in total. The summed E-state index contributed by atoms with van der Waals surface area (Å²) in [6.07, 6.45) is 1.64. The first-order chi connectivity index (χ1) is 23.0. The highest BCUT2D eigenvalue weighted by Crippen LogP contribution is 2.22. The minimum atomic E-state index is -1.00. The lowest BCUT2D eigenvalue weighted by Crippen LogP contribution is -2.52. The Kier molecular flexibility index (Phi) is 16.5. The molecule has 1 heterocycles. The number of hydrogen-bond acceptors (Lipinski definition) is 9. The maximum absolute atomic E-state index is 13.9. The highest BCUT2D eigenvalue weighted by molar-refractivity contribution is 5.95. The van der Waals surface area contributed by atoms with Gasteiger partial charge in [-0.3, -0.25) is 24.1 Å². The summed E-state index contributed by atoms with van der Waals surface area (Å²) in [5.41, 5.74) is 0.0779. The number of ketones is 1. The van der Waals surface area contributed by atoms with E-state index in [0.717, 1.165) is 5.56 Å². The fraction of sp³-hybridized carbons (Fsp3) is 0.622. The average molecular weight is 686 g/mol. The van der Waals surface area contributed by atoms with E-state index in [1.54, 1.807) is 34.6 Å². The van der Waals surface area contributed by atoms with E-state index in [1.807, 2.05) is 44.2 Å². The molecule has 1 aliphatic heterocycles. The van der Waals surface area contributed by atoms with E-state index < -0.39 is 65.3 Å². The second-order valence-electron chi connectivity index (χ2n) is 14.2. The smallest absolute Gasteiger partial charge is 0.410 e. The van der Waals surface area contributed by atoms with Crippen LogP contribution in [0.3, 0.4) is 0 Å². The quantitative estimate of drug-likeness (QED) is 0.125. The third-order valence-corrected chi connectivity index (χ3v) is 7.90. The normalized spacial score (nSPS) is 16.3.